The zero-order chi connectivity index (χ0) is 14.7. The summed E-state index contributed by atoms with van der Waals surface area (Å²) < 4.78 is 0. The number of amides is 1. The first-order chi connectivity index (χ1) is 9.49. The Balaban J connectivity index is 2.18. The third-order valence-corrected chi connectivity index (χ3v) is 3.22. The quantitative estimate of drug-likeness (QED) is 0.789. The number of hydrogen-bond donors (Lipinski definition) is 3. The highest BCUT2D eigenvalue weighted by Gasteiger charge is 2.14. The number of nitrogens with one attached hydrogen (secondary N) is 1. The Kier molecular flexibility index (Phi) is 4.20. The van der Waals surface area contributed by atoms with Gasteiger partial charge < -0.3 is 16.2 Å². The van der Waals surface area contributed by atoms with Crippen molar-refractivity contribution in [2.75, 3.05) is 12.3 Å². The summed E-state index contributed by atoms with van der Waals surface area (Å²) in [5, 5.41) is 13.2. The molecule has 2 rings (SSSR count). The van der Waals surface area contributed by atoms with Gasteiger partial charge in [0.2, 0.25) is 0 Å². The molecule has 1 aromatic carbocycles. The highest BCUT2D eigenvalue weighted by atomic mass is 16.3. The van der Waals surface area contributed by atoms with Gasteiger partial charge in [0.05, 0.1) is 11.6 Å². The number of para-hydroxylation sites is 1. The van der Waals surface area contributed by atoms with Crippen molar-refractivity contribution in [3.63, 3.8) is 0 Å². The highest BCUT2D eigenvalue weighted by molar-refractivity contribution is 5.99. The number of rotatable bonds is 4. The summed E-state index contributed by atoms with van der Waals surface area (Å²) in [6, 6.07) is 8.95. The van der Waals surface area contributed by atoms with Gasteiger partial charge in [-0.25, -0.2) is 4.98 Å². The summed E-state index contributed by atoms with van der Waals surface area (Å²) in [7, 11) is 0. The summed E-state index contributed by atoms with van der Waals surface area (Å²) >= 11 is 0. The maximum Gasteiger partial charge on any atom is 0.270 e. The van der Waals surface area contributed by atoms with E-state index in [0.717, 1.165) is 5.39 Å². The maximum atomic E-state index is 12.0. The summed E-state index contributed by atoms with van der Waals surface area (Å²) in [5.74, 6) is -0.243. The van der Waals surface area contributed by atoms with Crippen LogP contribution in [0.15, 0.2) is 30.3 Å². The standard InChI is InChI=1S/C15H19N3O2/c1-9(2)14(19)8-17-15(20)13-7-11(16)10-5-3-4-6-12(10)18-13/h3-7,9,14,19H,8H2,1-2H3,(H2,16,18)(H,17,20). The third kappa shape index (κ3) is 3.05. The lowest BCUT2D eigenvalue weighted by Gasteiger charge is -2.15. The van der Waals surface area contributed by atoms with E-state index in [-0.39, 0.29) is 24.1 Å². The fourth-order valence-corrected chi connectivity index (χ4v) is 1.84. The second kappa shape index (κ2) is 5.88. The van der Waals surface area contributed by atoms with E-state index in [0.29, 0.717) is 11.2 Å². The number of aromatic nitrogens is 1. The van der Waals surface area contributed by atoms with Crippen LogP contribution >= 0.6 is 0 Å². The minimum atomic E-state index is -0.572. The molecule has 0 bridgehead atoms. The van der Waals surface area contributed by atoms with Crippen molar-refractivity contribution in [3.05, 3.63) is 36.0 Å². The van der Waals surface area contributed by atoms with Crippen molar-refractivity contribution >= 4 is 22.5 Å². The van der Waals surface area contributed by atoms with Gasteiger partial charge in [-0.1, -0.05) is 32.0 Å². The van der Waals surface area contributed by atoms with Crippen molar-refractivity contribution in [3.8, 4) is 0 Å². The lowest BCUT2D eigenvalue weighted by molar-refractivity contribution is 0.0867. The van der Waals surface area contributed by atoms with E-state index in [9.17, 15) is 9.90 Å². The molecule has 20 heavy (non-hydrogen) atoms. The summed E-state index contributed by atoms with van der Waals surface area (Å²) in [4.78, 5) is 16.3. The van der Waals surface area contributed by atoms with Crippen molar-refractivity contribution in [2.45, 2.75) is 20.0 Å². The molecule has 1 atom stereocenters. The summed E-state index contributed by atoms with van der Waals surface area (Å²) in [6.07, 6.45) is -0.572. The van der Waals surface area contributed by atoms with Gasteiger partial charge in [0.1, 0.15) is 5.69 Å². The molecule has 0 saturated heterocycles. The number of carbonyl (C=O) groups is 1. The Morgan fingerprint density at radius 1 is 1.40 bits per heavy atom. The fraction of sp³-hybridized carbons (Fsp3) is 0.333. The number of pyridine rings is 1. The molecule has 1 heterocycles. The monoisotopic (exact) mass is 273 g/mol. The van der Waals surface area contributed by atoms with E-state index in [1.165, 1.54) is 0 Å². The molecule has 0 spiro atoms. The van der Waals surface area contributed by atoms with E-state index in [1.54, 1.807) is 6.07 Å². The van der Waals surface area contributed by atoms with Crippen LogP contribution in [-0.2, 0) is 0 Å². The van der Waals surface area contributed by atoms with Crippen LogP contribution in [0.1, 0.15) is 24.3 Å². The van der Waals surface area contributed by atoms with Crippen LogP contribution in [0.3, 0.4) is 0 Å². The Labute approximate surface area is 117 Å². The minimum absolute atomic E-state index is 0.0879. The fourth-order valence-electron chi connectivity index (χ4n) is 1.84. The van der Waals surface area contributed by atoms with Gasteiger partial charge in [-0.3, -0.25) is 4.79 Å². The normalized spacial score (nSPS) is 12.6. The molecule has 2 aromatic rings. The van der Waals surface area contributed by atoms with Crippen molar-refractivity contribution < 1.29 is 9.90 Å². The molecule has 5 heteroatoms. The zero-order valence-corrected chi connectivity index (χ0v) is 11.6. The molecule has 0 saturated carbocycles. The van der Waals surface area contributed by atoms with E-state index in [4.69, 9.17) is 5.73 Å². The lowest BCUT2D eigenvalue weighted by Crippen LogP contribution is -2.35. The zero-order valence-electron chi connectivity index (χ0n) is 11.6. The van der Waals surface area contributed by atoms with Gasteiger partial charge in [-0.15, -0.1) is 0 Å². The number of fused-ring (bicyclic) bond motifs is 1. The minimum Gasteiger partial charge on any atom is -0.398 e. The van der Waals surface area contributed by atoms with Gasteiger partial charge in [-0.05, 0) is 18.1 Å². The molecule has 0 aliphatic heterocycles. The van der Waals surface area contributed by atoms with Gasteiger partial charge in [0, 0.05) is 17.6 Å². The van der Waals surface area contributed by atoms with Crippen molar-refractivity contribution in [1.82, 2.24) is 10.3 Å². The van der Waals surface area contributed by atoms with E-state index in [1.807, 2.05) is 38.1 Å². The average molecular weight is 273 g/mol. The van der Waals surface area contributed by atoms with Gasteiger partial charge in [0.15, 0.2) is 0 Å². The maximum absolute atomic E-state index is 12.0. The van der Waals surface area contributed by atoms with Gasteiger partial charge in [-0.2, -0.15) is 0 Å². The van der Waals surface area contributed by atoms with E-state index in [2.05, 4.69) is 10.3 Å². The molecule has 1 unspecified atom stereocenters. The number of benzene rings is 1. The second-order valence-electron chi connectivity index (χ2n) is 5.14. The third-order valence-electron chi connectivity index (χ3n) is 3.22. The number of nitrogen functional groups attached to an aromatic ring is 1. The molecule has 106 valence electrons. The van der Waals surface area contributed by atoms with Crippen LogP contribution in [0.25, 0.3) is 10.9 Å². The van der Waals surface area contributed by atoms with Crippen molar-refractivity contribution in [1.29, 1.82) is 0 Å². The molecule has 1 amide bonds. The predicted molar refractivity (Wildman–Crippen MR) is 79.3 cm³/mol. The SMILES string of the molecule is CC(C)C(O)CNC(=O)c1cc(N)c2ccccc2n1. The summed E-state index contributed by atoms with van der Waals surface area (Å²) in [6.45, 7) is 3.98. The highest BCUT2D eigenvalue weighted by Crippen LogP contribution is 2.19. The number of hydrogen-bond acceptors (Lipinski definition) is 4. The molecule has 0 radical (unpaired) electrons. The Bertz CT molecular complexity index is 626. The Morgan fingerprint density at radius 2 is 2.10 bits per heavy atom. The van der Waals surface area contributed by atoms with Crippen LogP contribution in [0.4, 0.5) is 5.69 Å². The molecular weight excluding hydrogens is 254 g/mol. The largest absolute Gasteiger partial charge is 0.398 e. The number of aliphatic hydroxyl groups is 1. The molecule has 0 aliphatic rings. The first-order valence-electron chi connectivity index (χ1n) is 6.60. The first kappa shape index (κ1) is 14.3. The number of anilines is 1. The van der Waals surface area contributed by atoms with Crippen LogP contribution in [-0.4, -0.2) is 28.6 Å². The van der Waals surface area contributed by atoms with E-state index >= 15 is 0 Å². The van der Waals surface area contributed by atoms with Crippen LogP contribution < -0.4 is 11.1 Å². The number of carbonyl (C=O) groups excluding carboxylic acids is 1. The topological polar surface area (TPSA) is 88.2 Å². The Morgan fingerprint density at radius 3 is 2.80 bits per heavy atom. The van der Waals surface area contributed by atoms with Crippen LogP contribution in [0, 0.1) is 5.92 Å². The second-order valence-corrected chi connectivity index (χ2v) is 5.14. The Hall–Kier alpha value is -2.14. The molecule has 4 N–H and O–H groups in total. The number of aliphatic hydroxyl groups excluding tert-OH is 1. The average Bonchev–Trinajstić information content (AvgIpc) is 2.44. The van der Waals surface area contributed by atoms with Crippen LogP contribution in [0.2, 0.25) is 0 Å². The number of nitrogens with zero attached hydrogens (tertiary/aromatic N) is 1. The smallest absolute Gasteiger partial charge is 0.270 e. The first-order valence-corrected chi connectivity index (χ1v) is 6.60. The predicted octanol–water partition coefficient (Wildman–Crippen LogP) is 1.56. The van der Waals surface area contributed by atoms with Crippen LogP contribution in [0.5, 0.6) is 0 Å². The number of nitrogens with two attached hydrogens (primary N) is 1. The molecular formula is C15H19N3O2. The van der Waals surface area contributed by atoms with Crippen molar-refractivity contribution in [2.24, 2.45) is 5.92 Å². The van der Waals surface area contributed by atoms with Gasteiger partial charge >= 0.3 is 0 Å². The van der Waals surface area contributed by atoms with Gasteiger partial charge in [0.25, 0.3) is 5.91 Å². The molecule has 1 aromatic heterocycles. The molecule has 5 nitrogen and oxygen atoms in total. The van der Waals surface area contributed by atoms with E-state index < -0.39 is 6.10 Å². The summed E-state index contributed by atoms with van der Waals surface area (Å²) in [5.41, 5.74) is 7.39. The lowest BCUT2D eigenvalue weighted by atomic mass is 10.1. The molecule has 0 fully saturated rings. The molecule has 0 aliphatic carbocycles.